The summed E-state index contributed by atoms with van der Waals surface area (Å²) >= 11 is 0. The van der Waals surface area contributed by atoms with Gasteiger partial charge >= 0.3 is 0 Å². The highest BCUT2D eigenvalue weighted by atomic mass is 32.3. The molecule has 0 spiro atoms. The fourth-order valence-electron chi connectivity index (χ4n) is 1.30. The topological polar surface area (TPSA) is 0 Å². The van der Waals surface area contributed by atoms with E-state index in [9.17, 15) is 0 Å². The lowest BCUT2D eigenvalue weighted by Gasteiger charge is -2.28. The third-order valence-electron chi connectivity index (χ3n) is 1.95. The largest absolute Gasteiger partial charge is 0.265 e. The fraction of sp³-hybridized carbons (Fsp3) is 0.727. The van der Waals surface area contributed by atoms with E-state index in [0.29, 0.717) is 0 Å². The van der Waals surface area contributed by atoms with Crippen molar-refractivity contribution in [3.05, 3.63) is 11.1 Å². The number of hydrogen-bond donors (Lipinski definition) is 0. The number of hydrogen-bond acceptors (Lipinski definition) is 0. The molecule has 0 aromatic carbocycles. The van der Waals surface area contributed by atoms with E-state index in [1.807, 2.05) is 0 Å². The first-order valence-electron chi connectivity index (χ1n) is 5.12. The van der Waals surface area contributed by atoms with Crippen LogP contribution in [0.2, 0.25) is 0 Å². The Morgan fingerprint density at radius 2 is 1.73 bits per heavy atom. The second-order valence-electron chi connectivity index (χ2n) is 5.88. The molecule has 0 amide bonds. The molecule has 0 fully saturated rings. The van der Waals surface area contributed by atoms with E-state index in [-0.39, 0.29) is 10.8 Å². The van der Waals surface area contributed by atoms with Gasteiger partial charge in [-0.15, -0.1) is 0 Å². The molecule has 0 aliphatic heterocycles. The highest BCUT2D eigenvalue weighted by Crippen LogP contribution is 2.53. The second-order valence-corrected chi connectivity index (χ2v) is 13.4. The highest BCUT2D eigenvalue weighted by molar-refractivity contribution is 8.33. The average Bonchev–Trinajstić information content (AvgIpc) is 2.47. The Morgan fingerprint density at radius 3 is 2.07 bits per heavy atom. The van der Waals surface area contributed by atoms with Gasteiger partial charge in [0.2, 0.25) is 0 Å². The minimum atomic E-state index is 0.289. The quantitative estimate of drug-likeness (QED) is 0.508. The lowest BCUT2D eigenvalue weighted by molar-refractivity contribution is 0.519. The molecule has 1 rings (SSSR count). The molecule has 0 atom stereocenters. The Labute approximate surface area is 100 Å². The van der Waals surface area contributed by atoms with Crippen LogP contribution in [0.5, 0.6) is 0 Å². The molecule has 0 radical (unpaired) electrons. The molecule has 0 aliphatic rings. The normalized spacial score (nSPS) is 16.5. The van der Waals surface area contributed by atoms with Crippen molar-refractivity contribution >= 4 is 36.4 Å². The summed E-state index contributed by atoms with van der Waals surface area (Å²) in [5.41, 5.74) is 2.16. The molecular weight excluding hydrogens is 256 g/mol. The zero-order valence-corrected chi connectivity index (χ0v) is 13.9. The summed E-state index contributed by atoms with van der Waals surface area (Å²) in [6, 6.07) is 0. The summed E-state index contributed by atoms with van der Waals surface area (Å²) in [7, 11) is 6.16. The molecule has 1 aromatic rings. The second kappa shape index (κ2) is 4.98. The Hall–Kier alpha value is 0.810. The first-order valence-corrected chi connectivity index (χ1v) is 10.8. The van der Waals surface area contributed by atoms with Crippen molar-refractivity contribution in [1.82, 2.24) is 0 Å². The van der Waals surface area contributed by atoms with Crippen molar-refractivity contribution in [2.24, 2.45) is 10.8 Å². The molecule has 84 valence electrons. The van der Waals surface area contributed by atoms with E-state index in [1.165, 1.54) is 15.7 Å². The van der Waals surface area contributed by atoms with Gasteiger partial charge in [0.05, 0.1) is 0 Å². The van der Waals surface area contributed by atoms with Crippen LogP contribution in [-0.2, 0) is 0 Å². The van der Waals surface area contributed by atoms with E-state index in [2.05, 4.69) is 47.6 Å². The lowest BCUT2D eigenvalue weighted by atomic mass is 9.82. The summed E-state index contributed by atoms with van der Waals surface area (Å²) < 4.78 is 0. The van der Waals surface area contributed by atoms with Gasteiger partial charge in [-0.1, -0.05) is 58.2 Å². The smallest absolute Gasteiger partial charge is 0.0143 e. The minimum Gasteiger partial charge on any atom is -0.265 e. The van der Waals surface area contributed by atoms with Gasteiger partial charge in [0.1, 0.15) is 0 Å². The summed E-state index contributed by atoms with van der Waals surface area (Å²) in [4.78, 5) is 0. The van der Waals surface area contributed by atoms with Crippen LogP contribution in [0, 0.1) is 10.8 Å². The van der Waals surface area contributed by atoms with Crippen LogP contribution in [0.25, 0.3) is 5.57 Å². The van der Waals surface area contributed by atoms with Gasteiger partial charge in [-0.25, -0.2) is 15.4 Å². The van der Waals surface area contributed by atoms with E-state index < -0.39 is 0 Å². The van der Waals surface area contributed by atoms with Crippen LogP contribution < -0.4 is 0 Å². The first-order chi connectivity index (χ1) is 6.70. The molecule has 0 saturated carbocycles. The van der Waals surface area contributed by atoms with Gasteiger partial charge in [-0.3, -0.25) is 7.87 Å². The highest BCUT2D eigenvalue weighted by Gasteiger charge is 2.19. The Kier molecular flexibility index (Phi) is 4.61. The third kappa shape index (κ3) is 4.67. The fourth-order valence-corrected chi connectivity index (χ4v) is 12.1. The van der Waals surface area contributed by atoms with Crippen LogP contribution in [0.3, 0.4) is 0 Å². The van der Waals surface area contributed by atoms with Crippen LogP contribution in [0.1, 0.15) is 46.6 Å². The van der Waals surface area contributed by atoms with Crippen molar-refractivity contribution in [2.45, 2.75) is 41.5 Å². The van der Waals surface area contributed by atoms with Crippen LogP contribution in [-0.4, -0.2) is 0 Å². The van der Waals surface area contributed by atoms with Crippen molar-refractivity contribution in [3.63, 3.8) is 0 Å². The maximum Gasteiger partial charge on any atom is -0.0143 e. The van der Waals surface area contributed by atoms with Gasteiger partial charge < -0.3 is 0 Å². The average molecular weight is 275 g/mol. The molecule has 0 bridgehead atoms. The predicted octanol–water partition coefficient (Wildman–Crippen LogP) is 7.20. The Balaban J connectivity index is 3.17. The van der Waals surface area contributed by atoms with Gasteiger partial charge in [-0.2, -0.15) is 7.55 Å². The summed E-state index contributed by atoms with van der Waals surface area (Å²) in [5.74, 6) is 0. The standard InChI is InChI=1S/C11H19P4/c1-10(2,3)7-8(11(4,5)6)9-12-14-15-13-9/h7H,1-6H3/q-1/b8-7+. The maximum atomic E-state index is 2.47. The molecule has 0 nitrogen and oxygen atoms in total. The van der Waals surface area contributed by atoms with Crippen LogP contribution in [0.4, 0.5) is 0 Å². The van der Waals surface area contributed by atoms with Crippen molar-refractivity contribution in [2.75, 3.05) is 0 Å². The molecule has 0 unspecified atom stereocenters. The monoisotopic (exact) mass is 275 g/mol. The summed E-state index contributed by atoms with van der Waals surface area (Å²) in [5, 5.41) is 1.64. The maximum absolute atomic E-state index is 2.47. The van der Waals surface area contributed by atoms with Crippen LogP contribution in [0.15, 0.2) is 6.08 Å². The summed E-state index contributed by atoms with van der Waals surface area (Å²) in [6.07, 6.45) is 2.47. The molecule has 0 saturated heterocycles. The van der Waals surface area contributed by atoms with Crippen molar-refractivity contribution in [1.29, 1.82) is 0 Å². The SMILES string of the molecule is CC(C)(C)/C=C(\c1ppp[p-]1)C(C)(C)C. The van der Waals surface area contributed by atoms with Crippen molar-refractivity contribution < 1.29 is 0 Å². The van der Waals surface area contributed by atoms with Gasteiger partial charge in [0.15, 0.2) is 0 Å². The molecule has 15 heavy (non-hydrogen) atoms. The minimum absolute atomic E-state index is 0.289. The molecule has 0 N–H and O–H groups in total. The van der Waals surface area contributed by atoms with Gasteiger partial charge in [0, 0.05) is 0 Å². The Bertz CT molecular complexity index is 336. The molecule has 1 heterocycles. The number of rotatable bonds is 1. The zero-order valence-electron chi connectivity index (χ0n) is 10.4. The molecule has 4 heteroatoms. The predicted molar refractivity (Wildman–Crippen MR) is 79.0 cm³/mol. The van der Waals surface area contributed by atoms with E-state index in [0.717, 1.165) is 0 Å². The van der Waals surface area contributed by atoms with E-state index in [1.54, 1.807) is 25.7 Å². The molecular formula is C11H19P4-. The van der Waals surface area contributed by atoms with Gasteiger partial charge in [-0.05, 0) is 10.8 Å². The lowest BCUT2D eigenvalue weighted by Crippen LogP contribution is -2.11. The molecule has 0 aliphatic carbocycles. The van der Waals surface area contributed by atoms with Gasteiger partial charge in [0.25, 0.3) is 0 Å². The third-order valence-corrected chi connectivity index (χ3v) is 11.1. The first kappa shape index (κ1) is 13.9. The van der Waals surface area contributed by atoms with E-state index >= 15 is 0 Å². The number of allylic oxidation sites excluding steroid dienone is 2. The Morgan fingerprint density at radius 1 is 1.13 bits per heavy atom. The van der Waals surface area contributed by atoms with E-state index in [4.69, 9.17) is 0 Å². The van der Waals surface area contributed by atoms with Crippen molar-refractivity contribution in [3.8, 4) is 0 Å². The van der Waals surface area contributed by atoms with Crippen LogP contribution >= 0.6 is 30.8 Å². The zero-order chi connectivity index (χ0) is 11.7. The summed E-state index contributed by atoms with van der Waals surface area (Å²) in [6.45, 7) is 13.9. The molecule has 1 aromatic heterocycles.